The van der Waals surface area contributed by atoms with Gasteiger partial charge >= 0.3 is 0 Å². The molecule has 3 rings (SSSR count). The average molecular weight is 578 g/mol. The fraction of sp³-hybridized carbons (Fsp3) is 0.310. The minimum atomic E-state index is -0.725. The lowest BCUT2D eigenvalue weighted by Crippen LogP contribution is -2.52. The second-order valence-electron chi connectivity index (χ2n) is 8.80. The van der Waals surface area contributed by atoms with E-state index in [0.717, 1.165) is 16.9 Å². The largest absolute Gasteiger partial charge is 0.352 e. The Hall–Kier alpha value is -2.18. The van der Waals surface area contributed by atoms with Gasteiger partial charge in [-0.3, -0.25) is 9.59 Å². The SMILES string of the molecule is CC[C@@H](C)NC(=O)[C@@H](Cc1ccccc1)N(Cc1c(Cl)cccc1Cl)C(=O)CCSc1ccc(Cl)cc1. The minimum Gasteiger partial charge on any atom is -0.352 e. The standard InChI is InChI=1S/C29H31Cl3N2O2S/c1-3-20(2)33-29(36)27(18-21-8-5-4-6-9-21)34(19-24-25(31)10-7-11-26(24)32)28(35)16-17-37-23-14-12-22(30)13-15-23/h4-15,20,27H,3,16-19H2,1-2H3,(H,33,36)/t20-,27-/m1/s1. The van der Waals surface area contributed by atoms with Crippen molar-refractivity contribution in [2.75, 3.05) is 5.75 Å². The molecule has 4 nitrogen and oxygen atoms in total. The summed E-state index contributed by atoms with van der Waals surface area (Å²) in [7, 11) is 0. The molecule has 0 aliphatic rings. The van der Waals surface area contributed by atoms with E-state index in [4.69, 9.17) is 34.8 Å². The molecule has 0 saturated heterocycles. The van der Waals surface area contributed by atoms with Crippen LogP contribution in [-0.4, -0.2) is 34.6 Å². The van der Waals surface area contributed by atoms with Gasteiger partial charge in [-0.25, -0.2) is 0 Å². The topological polar surface area (TPSA) is 49.4 Å². The molecule has 0 heterocycles. The summed E-state index contributed by atoms with van der Waals surface area (Å²) < 4.78 is 0. The third-order valence-corrected chi connectivity index (χ3v) is 8.03. The van der Waals surface area contributed by atoms with E-state index in [0.29, 0.717) is 32.8 Å². The molecule has 0 bridgehead atoms. The van der Waals surface area contributed by atoms with Crippen LogP contribution < -0.4 is 5.32 Å². The zero-order valence-electron chi connectivity index (χ0n) is 20.9. The summed E-state index contributed by atoms with van der Waals surface area (Å²) in [5.41, 5.74) is 1.59. The normalized spacial score (nSPS) is 12.6. The van der Waals surface area contributed by atoms with E-state index in [1.807, 2.05) is 68.4 Å². The molecule has 0 aromatic heterocycles. The molecule has 0 spiro atoms. The van der Waals surface area contributed by atoms with Gasteiger partial charge in [0.2, 0.25) is 11.8 Å². The van der Waals surface area contributed by atoms with Crippen molar-refractivity contribution < 1.29 is 9.59 Å². The van der Waals surface area contributed by atoms with Crippen LogP contribution in [0.2, 0.25) is 15.1 Å². The molecule has 1 N–H and O–H groups in total. The second kappa shape index (κ2) is 14.7. The van der Waals surface area contributed by atoms with Crippen molar-refractivity contribution >= 4 is 58.4 Å². The zero-order chi connectivity index (χ0) is 26.8. The molecule has 0 saturated carbocycles. The van der Waals surface area contributed by atoms with E-state index >= 15 is 0 Å². The molecule has 3 aromatic carbocycles. The van der Waals surface area contributed by atoms with Crippen LogP contribution in [0, 0.1) is 0 Å². The molecule has 2 atom stereocenters. The third kappa shape index (κ3) is 8.96. The Bertz CT molecular complexity index is 1160. The Labute approximate surface area is 238 Å². The third-order valence-electron chi connectivity index (χ3n) is 6.06. The number of thioether (sulfide) groups is 1. The predicted octanol–water partition coefficient (Wildman–Crippen LogP) is 7.68. The van der Waals surface area contributed by atoms with Gasteiger partial charge in [-0.1, -0.05) is 78.1 Å². The number of hydrogen-bond donors (Lipinski definition) is 1. The van der Waals surface area contributed by atoms with Crippen LogP contribution in [0.3, 0.4) is 0 Å². The highest BCUT2D eigenvalue weighted by Crippen LogP contribution is 2.28. The van der Waals surface area contributed by atoms with Crippen molar-refractivity contribution in [2.24, 2.45) is 0 Å². The maximum atomic E-state index is 13.7. The number of amides is 2. The maximum Gasteiger partial charge on any atom is 0.243 e. The Morgan fingerprint density at radius 3 is 2.19 bits per heavy atom. The van der Waals surface area contributed by atoms with Crippen LogP contribution in [0.1, 0.15) is 37.8 Å². The van der Waals surface area contributed by atoms with Gasteiger partial charge in [0.05, 0.1) is 0 Å². The quantitative estimate of drug-likeness (QED) is 0.225. The molecule has 3 aromatic rings. The summed E-state index contributed by atoms with van der Waals surface area (Å²) in [6.07, 6.45) is 1.41. The molecule has 0 radical (unpaired) electrons. The number of halogens is 3. The van der Waals surface area contributed by atoms with E-state index in [9.17, 15) is 9.59 Å². The van der Waals surface area contributed by atoms with Crippen molar-refractivity contribution in [3.8, 4) is 0 Å². The molecule has 0 aliphatic carbocycles. The van der Waals surface area contributed by atoms with Gasteiger partial charge < -0.3 is 10.2 Å². The van der Waals surface area contributed by atoms with Gasteiger partial charge in [0.1, 0.15) is 6.04 Å². The summed E-state index contributed by atoms with van der Waals surface area (Å²) >= 11 is 20.5. The summed E-state index contributed by atoms with van der Waals surface area (Å²) in [6, 6.07) is 21.7. The smallest absolute Gasteiger partial charge is 0.243 e. The molecular formula is C29H31Cl3N2O2S. The van der Waals surface area contributed by atoms with Crippen molar-refractivity contribution in [1.82, 2.24) is 10.2 Å². The molecule has 8 heteroatoms. The first-order valence-electron chi connectivity index (χ1n) is 12.2. The molecule has 196 valence electrons. The highest BCUT2D eigenvalue weighted by atomic mass is 35.5. The Kier molecular flexibility index (Phi) is 11.7. The van der Waals surface area contributed by atoms with Gasteiger partial charge in [-0.2, -0.15) is 0 Å². The minimum absolute atomic E-state index is 0.0212. The van der Waals surface area contributed by atoms with Crippen molar-refractivity contribution in [1.29, 1.82) is 0 Å². The monoisotopic (exact) mass is 576 g/mol. The molecule has 37 heavy (non-hydrogen) atoms. The lowest BCUT2D eigenvalue weighted by Gasteiger charge is -2.33. The Morgan fingerprint density at radius 2 is 1.57 bits per heavy atom. The van der Waals surface area contributed by atoms with E-state index in [2.05, 4.69) is 5.32 Å². The number of benzene rings is 3. The first kappa shape index (κ1) is 29.4. The van der Waals surface area contributed by atoms with Crippen molar-refractivity contribution in [2.45, 2.75) is 56.6 Å². The van der Waals surface area contributed by atoms with E-state index in [1.54, 1.807) is 34.9 Å². The van der Waals surface area contributed by atoms with E-state index in [1.165, 1.54) is 0 Å². The lowest BCUT2D eigenvalue weighted by atomic mass is 10.0. The fourth-order valence-electron chi connectivity index (χ4n) is 3.78. The van der Waals surface area contributed by atoms with Gasteiger partial charge in [0, 0.05) is 56.7 Å². The number of carbonyl (C=O) groups is 2. The molecule has 0 unspecified atom stereocenters. The van der Waals surface area contributed by atoms with Gasteiger partial charge in [-0.05, 0) is 55.3 Å². The summed E-state index contributed by atoms with van der Waals surface area (Å²) in [5, 5.41) is 4.66. The van der Waals surface area contributed by atoms with E-state index < -0.39 is 6.04 Å². The van der Waals surface area contributed by atoms with Crippen LogP contribution in [0.4, 0.5) is 0 Å². The van der Waals surface area contributed by atoms with Crippen LogP contribution in [-0.2, 0) is 22.6 Å². The van der Waals surface area contributed by atoms with Crippen LogP contribution >= 0.6 is 46.6 Å². The first-order chi connectivity index (χ1) is 17.8. The average Bonchev–Trinajstić information content (AvgIpc) is 2.89. The van der Waals surface area contributed by atoms with Gasteiger partial charge in [0.15, 0.2) is 0 Å². The maximum absolute atomic E-state index is 13.7. The van der Waals surface area contributed by atoms with Crippen LogP contribution in [0.5, 0.6) is 0 Å². The zero-order valence-corrected chi connectivity index (χ0v) is 24.0. The summed E-state index contributed by atoms with van der Waals surface area (Å²) in [4.78, 5) is 29.9. The number of nitrogens with one attached hydrogen (secondary N) is 1. The summed E-state index contributed by atoms with van der Waals surface area (Å²) in [5.74, 6) is 0.218. The van der Waals surface area contributed by atoms with Crippen LogP contribution in [0.25, 0.3) is 0 Å². The van der Waals surface area contributed by atoms with Crippen LogP contribution in [0.15, 0.2) is 77.7 Å². The number of rotatable bonds is 12. The highest BCUT2D eigenvalue weighted by Gasteiger charge is 2.31. The molecular weight excluding hydrogens is 547 g/mol. The predicted molar refractivity (Wildman–Crippen MR) is 156 cm³/mol. The van der Waals surface area contributed by atoms with Gasteiger partial charge in [-0.15, -0.1) is 11.8 Å². The Balaban J connectivity index is 1.90. The fourth-order valence-corrected chi connectivity index (χ4v) is 5.26. The number of nitrogens with zero attached hydrogens (tertiary/aromatic N) is 1. The second-order valence-corrected chi connectivity index (χ2v) is 11.2. The Morgan fingerprint density at radius 1 is 0.919 bits per heavy atom. The number of carbonyl (C=O) groups excluding carboxylic acids is 2. The van der Waals surface area contributed by atoms with Crippen molar-refractivity contribution in [3.05, 3.63) is 99.0 Å². The van der Waals surface area contributed by atoms with E-state index in [-0.39, 0.29) is 30.8 Å². The summed E-state index contributed by atoms with van der Waals surface area (Å²) in [6.45, 7) is 4.10. The number of hydrogen-bond acceptors (Lipinski definition) is 3. The lowest BCUT2D eigenvalue weighted by molar-refractivity contribution is -0.141. The molecule has 0 aliphatic heterocycles. The first-order valence-corrected chi connectivity index (χ1v) is 14.4. The highest BCUT2D eigenvalue weighted by molar-refractivity contribution is 7.99. The molecule has 2 amide bonds. The van der Waals surface area contributed by atoms with Crippen molar-refractivity contribution in [3.63, 3.8) is 0 Å². The molecule has 0 fully saturated rings. The van der Waals surface area contributed by atoms with Gasteiger partial charge in [0.25, 0.3) is 0 Å².